The van der Waals surface area contributed by atoms with Crippen LogP contribution in [0.1, 0.15) is 32.9 Å². The molecule has 1 aromatic heterocycles. The van der Waals surface area contributed by atoms with Gasteiger partial charge in [0, 0.05) is 30.1 Å². The van der Waals surface area contributed by atoms with E-state index < -0.39 is 11.3 Å². The van der Waals surface area contributed by atoms with E-state index in [1.165, 1.54) is 38.4 Å². The maximum absolute atomic E-state index is 14.0. The van der Waals surface area contributed by atoms with Crippen LogP contribution >= 0.6 is 0 Å². The third-order valence-corrected chi connectivity index (χ3v) is 5.31. The molecule has 3 aromatic rings. The Kier molecular flexibility index (Phi) is 4.76. The molecule has 0 bridgehead atoms. The molecule has 0 atom stereocenters. The van der Waals surface area contributed by atoms with E-state index in [0.717, 1.165) is 5.06 Å². The standard InChI is InChI=1S/C22H19F2N3O2/c1-27(29-2)21(28)20-18-9-10-22(13-19(18)25-26-20,14-5-3-7-16(23)11-14)15-6-4-8-17(24)12-15/h3-12H,13H2,1-2H3,(H,25,26). The van der Waals surface area contributed by atoms with Gasteiger partial charge < -0.3 is 0 Å². The number of hydrogen-bond acceptors (Lipinski definition) is 3. The first-order valence-electron chi connectivity index (χ1n) is 9.05. The van der Waals surface area contributed by atoms with Crippen molar-refractivity contribution < 1.29 is 18.4 Å². The Morgan fingerprint density at radius 3 is 2.31 bits per heavy atom. The summed E-state index contributed by atoms with van der Waals surface area (Å²) in [7, 11) is 2.89. The predicted octanol–water partition coefficient (Wildman–Crippen LogP) is 3.88. The number of carbonyl (C=O) groups excluding carboxylic acids is 1. The van der Waals surface area contributed by atoms with Crippen molar-refractivity contribution in [1.29, 1.82) is 0 Å². The first-order valence-corrected chi connectivity index (χ1v) is 9.05. The molecule has 0 unspecified atom stereocenters. The zero-order valence-electron chi connectivity index (χ0n) is 15.9. The zero-order valence-corrected chi connectivity index (χ0v) is 15.9. The maximum atomic E-state index is 14.0. The first-order chi connectivity index (χ1) is 13.9. The molecule has 0 saturated carbocycles. The van der Waals surface area contributed by atoms with Gasteiger partial charge in [-0.05, 0) is 35.4 Å². The summed E-state index contributed by atoms with van der Waals surface area (Å²) in [6.45, 7) is 0. The molecular weight excluding hydrogens is 376 g/mol. The lowest BCUT2D eigenvalue weighted by Gasteiger charge is -2.34. The number of allylic oxidation sites excluding steroid dienone is 1. The van der Waals surface area contributed by atoms with Gasteiger partial charge in [0.2, 0.25) is 0 Å². The molecule has 0 radical (unpaired) electrons. The largest absolute Gasteiger partial charge is 0.298 e. The second kappa shape index (κ2) is 7.25. The number of carbonyl (C=O) groups is 1. The molecule has 0 saturated heterocycles. The summed E-state index contributed by atoms with van der Waals surface area (Å²) in [5.41, 5.74) is 2.13. The van der Waals surface area contributed by atoms with Gasteiger partial charge in [-0.3, -0.25) is 14.7 Å². The summed E-state index contributed by atoms with van der Waals surface area (Å²) < 4.78 is 28.1. The molecule has 29 heavy (non-hydrogen) atoms. The van der Waals surface area contributed by atoms with Gasteiger partial charge in [-0.2, -0.15) is 5.10 Å². The average Bonchev–Trinajstić information content (AvgIpc) is 3.15. The summed E-state index contributed by atoms with van der Waals surface area (Å²) in [5, 5.41) is 8.17. The van der Waals surface area contributed by atoms with Gasteiger partial charge in [-0.1, -0.05) is 36.4 Å². The van der Waals surface area contributed by atoms with Crippen molar-refractivity contribution in [1.82, 2.24) is 15.3 Å². The lowest BCUT2D eigenvalue weighted by atomic mass is 9.68. The van der Waals surface area contributed by atoms with Crippen molar-refractivity contribution in [2.24, 2.45) is 0 Å². The zero-order chi connectivity index (χ0) is 20.6. The van der Waals surface area contributed by atoms with E-state index in [-0.39, 0.29) is 17.3 Å². The molecule has 0 aliphatic heterocycles. The molecule has 0 spiro atoms. The van der Waals surface area contributed by atoms with Gasteiger partial charge in [-0.15, -0.1) is 0 Å². The van der Waals surface area contributed by atoms with Crippen molar-refractivity contribution in [3.8, 4) is 0 Å². The fourth-order valence-electron chi connectivity index (χ4n) is 3.75. The highest BCUT2D eigenvalue weighted by Crippen LogP contribution is 2.42. The van der Waals surface area contributed by atoms with Crippen LogP contribution in [0.5, 0.6) is 0 Å². The number of halogens is 2. The minimum Gasteiger partial charge on any atom is -0.281 e. The third-order valence-electron chi connectivity index (χ3n) is 5.31. The topological polar surface area (TPSA) is 58.2 Å². The van der Waals surface area contributed by atoms with Crippen LogP contribution in [0.2, 0.25) is 0 Å². The van der Waals surface area contributed by atoms with Crippen LogP contribution in [-0.2, 0) is 16.7 Å². The van der Waals surface area contributed by atoms with Crippen LogP contribution in [0.4, 0.5) is 8.78 Å². The number of hydrogen-bond donors (Lipinski definition) is 1. The molecule has 4 rings (SSSR count). The van der Waals surface area contributed by atoms with Crippen molar-refractivity contribution in [3.63, 3.8) is 0 Å². The highest BCUT2D eigenvalue weighted by molar-refractivity contribution is 5.96. The number of amides is 1. The molecular formula is C22H19F2N3O2. The van der Waals surface area contributed by atoms with Crippen LogP contribution in [0.3, 0.4) is 0 Å². The van der Waals surface area contributed by atoms with E-state index in [1.807, 2.05) is 18.2 Å². The molecule has 0 fully saturated rings. The van der Waals surface area contributed by atoms with Crippen molar-refractivity contribution in [2.75, 3.05) is 14.2 Å². The van der Waals surface area contributed by atoms with Crippen LogP contribution in [0.25, 0.3) is 6.08 Å². The number of hydroxylamine groups is 2. The molecule has 7 heteroatoms. The number of aromatic nitrogens is 2. The summed E-state index contributed by atoms with van der Waals surface area (Å²) in [6.07, 6.45) is 4.01. The Hall–Kier alpha value is -3.32. The Morgan fingerprint density at radius 1 is 1.14 bits per heavy atom. The van der Waals surface area contributed by atoms with E-state index in [9.17, 15) is 13.6 Å². The van der Waals surface area contributed by atoms with Gasteiger partial charge in [0.15, 0.2) is 5.69 Å². The Morgan fingerprint density at radius 2 is 1.76 bits per heavy atom. The van der Waals surface area contributed by atoms with Crippen LogP contribution in [0.15, 0.2) is 54.6 Å². The van der Waals surface area contributed by atoms with E-state index in [4.69, 9.17) is 4.84 Å². The Balaban J connectivity index is 1.86. The lowest BCUT2D eigenvalue weighted by molar-refractivity contribution is -0.0760. The third kappa shape index (κ3) is 3.23. The molecule has 148 valence electrons. The number of nitrogens with one attached hydrogen (secondary N) is 1. The van der Waals surface area contributed by atoms with Gasteiger partial charge >= 0.3 is 0 Å². The lowest BCUT2D eigenvalue weighted by Crippen LogP contribution is -2.31. The maximum Gasteiger partial charge on any atom is 0.298 e. The van der Waals surface area contributed by atoms with Crippen LogP contribution in [-0.4, -0.2) is 35.3 Å². The van der Waals surface area contributed by atoms with Gasteiger partial charge in [0.1, 0.15) is 11.6 Å². The van der Waals surface area contributed by atoms with Crippen LogP contribution < -0.4 is 0 Å². The van der Waals surface area contributed by atoms with Crippen LogP contribution in [0, 0.1) is 11.6 Å². The fourth-order valence-corrected chi connectivity index (χ4v) is 3.75. The fraction of sp³-hybridized carbons (Fsp3) is 0.182. The van der Waals surface area contributed by atoms with Crippen molar-refractivity contribution >= 4 is 12.0 Å². The smallest absolute Gasteiger partial charge is 0.281 e. The molecule has 1 aliphatic carbocycles. The highest BCUT2D eigenvalue weighted by Gasteiger charge is 2.38. The summed E-state index contributed by atoms with van der Waals surface area (Å²) >= 11 is 0. The first kappa shape index (κ1) is 19.0. The number of aromatic amines is 1. The molecule has 1 heterocycles. The average molecular weight is 395 g/mol. The number of rotatable bonds is 4. The molecule has 2 aromatic carbocycles. The molecule has 5 nitrogen and oxygen atoms in total. The van der Waals surface area contributed by atoms with Gasteiger partial charge in [-0.25, -0.2) is 13.8 Å². The van der Waals surface area contributed by atoms with Crippen molar-refractivity contribution in [2.45, 2.75) is 11.8 Å². The minimum atomic E-state index is -0.808. The van der Waals surface area contributed by atoms with Crippen molar-refractivity contribution in [3.05, 3.63) is 94.3 Å². The quantitative estimate of drug-likeness (QED) is 0.682. The molecule has 1 aliphatic rings. The molecule has 1 amide bonds. The second-order valence-corrected chi connectivity index (χ2v) is 6.95. The van der Waals surface area contributed by atoms with Gasteiger partial charge in [0.05, 0.1) is 7.11 Å². The highest BCUT2D eigenvalue weighted by atomic mass is 19.1. The number of benzene rings is 2. The molecule has 1 N–H and O–H groups in total. The van der Waals surface area contributed by atoms with E-state index in [2.05, 4.69) is 10.2 Å². The SMILES string of the molecule is CON(C)C(=O)c1n[nH]c2c1C=CC(c1cccc(F)c1)(c1cccc(F)c1)C2. The minimum absolute atomic E-state index is 0.229. The summed E-state index contributed by atoms with van der Waals surface area (Å²) in [6, 6.07) is 12.5. The van der Waals surface area contributed by atoms with E-state index in [1.54, 1.807) is 18.2 Å². The second-order valence-electron chi connectivity index (χ2n) is 6.95. The Bertz CT molecular complexity index is 1060. The summed E-state index contributed by atoms with van der Waals surface area (Å²) in [4.78, 5) is 17.4. The number of H-pyrrole nitrogens is 1. The van der Waals surface area contributed by atoms with E-state index in [0.29, 0.717) is 28.8 Å². The summed E-state index contributed by atoms with van der Waals surface area (Å²) in [5.74, 6) is -1.14. The van der Waals surface area contributed by atoms with Gasteiger partial charge in [0.25, 0.3) is 5.91 Å². The van der Waals surface area contributed by atoms with E-state index >= 15 is 0 Å². The number of fused-ring (bicyclic) bond motifs is 1. The Labute approximate surface area is 166 Å². The normalized spacial score (nSPS) is 14.5. The number of nitrogens with zero attached hydrogens (tertiary/aromatic N) is 2. The monoisotopic (exact) mass is 395 g/mol. The predicted molar refractivity (Wildman–Crippen MR) is 104 cm³/mol.